The summed E-state index contributed by atoms with van der Waals surface area (Å²) in [5.41, 5.74) is 1.48. The first-order valence-corrected chi connectivity index (χ1v) is 24.9. The minimum absolute atomic E-state index is 0.0152. The van der Waals surface area contributed by atoms with Crippen molar-refractivity contribution < 1.29 is 9.59 Å². The molecular formula is C54H54N2O2P2. The van der Waals surface area contributed by atoms with E-state index in [2.05, 4.69) is 156 Å². The van der Waals surface area contributed by atoms with Crippen molar-refractivity contribution in [1.29, 1.82) is 0 Å². The fourth-order valence-electron chi connectivity index (χ4n) is 12.2. The quantitative estimate of drug-likeness (QED) is 0.136. The average Bonchev–Trinajstić information content (AvgIpc) is 3.31. The molecule has 0 aliphatic heterocycles. The van der Waals surface area contributed by atoms with Crippen molar-refractivity contribution in [3.05, 3.63) is 181 Å². The molecule has 5 saturated carbocycles. The van der Waals surface area contributed by atoms with Crippen molar-refractivity contribution in [3.63, 3.8) is 0 Å². The van der Waals surface area contributed by atoms with E-state index < -0.39 is 15.8 Å². The molecule has 4 unspecified atom stereocenters. The lowest BCUT2D eigenvalue weighted by atomic mass is 9.42. The van der Waals surface area contributed by atoms with E-state index in [1.807, 2.05) is 24.3 Å². The molecule has 5 fully saturated rings. The van der Waals surface area contributed by atoms with Crippen molar-refractivity contribution >= 4 is 59.5 Å². The summed E-state index contributed by atoms with van der Waals surface area (Å²) < 4.78 is 0. The maximum atomic E-state index is 15.2. The van der Waals surface area contributed by atoms with Crippen LogP contribution in [0.1, 0.15) is 72.1 Å². The van der Waals surface area contributed by atoms with Gasteiger partial charge in [-0.15, -0.1) is 0 Å². The summed E-state index contributed by atoms with van der Waals surface area (Å²) in [5.74, 6) is 2.99. The highest BCUT2D eigenvalue weighted by molar-refractivity contribution is 7.80. The van der Waals surface area contributed by atoms with Crippen LogP contribution < -0.4 is 42.5 Å². The summed E-state index contributed by atoms with van der Waals surface area (Å²) >= 11 is 0. The number of carbonyl (C=O) groups excluding carboxylic acids is 2. The Balaban J connectivity index is 1.04. The fraction of sp³-hybridized carbons (Fsp3) is 0.296. The van der Waals surface area contributed by atoms with Gasteiger partial charge in [-0.2, -0.15) is 0 Å². The first kappa shape index (κ1) is 39.3. The van der Waals surface area contributed by atoms with Gasteiger partial charge in [0.05, 0.1) is 12.1 Å². The predicted molar refractivity (Wildman–Crippen MR) is 251 cm³/mol. The third-order valence-electron chi connectivity index (χ3n) is 14.4. The number of rotatable bonds is 10. The van der Waals surface area contributed by atoms with Crippen LogP contribution in [0.2, 0.25) is 0 Å². The van der Waals surface area contributed by atoms with Gasteiger partial charge in [0.2, 0.25) is 0 Å². The van der Waals surface area contributed by atoms with Crippen LogP contribution >= 0.6 is 15.8 Å². The first-order valence-electron chi connectivity index (χ1n) is 22.3. The molecule has 0 aromatic heterocycles. The lowest BCUT2D eigenvalue weighted by Crippen LogP contribution is -2.73. The molecule has 6 heteroatoms. The molecule has 0 spiro atoms. The Morgan fingerprint density at radius 1 is 0.367 bits per heavy atom. The van der Waals surface area contributed by atoms with Crippen molar-refractivity contribution in [3.8, 4) is 0 Å². The van der Waals surface area contributed by atoms with Crippen LogP contribution in [0.15, 0.2) is 170 Å². The zero-order valence-corrected chi connectivity index (χ0v) is 35.9. The van der Waals surface area contributed by atoms with Gasteiger partial charge in [-0.25, -0.2) is 0 Å². The zero-order chi connectivity index (χ0) is 40.4. The Hall–Kier alpha value is -4.88. The van der Waals surface area contributed by atoms with Gasteiger partial charge in [-0.1, -0.05) is 183 Å². The molecule has 0 radical (unpaired) electrons. The van der Waals surface area contributed by atoms with Gasteiger partial charge in [0, 0.05) is 11.1 Å². The Morgan fingerprint density at radius 3 is 0.933 bits per heavy atom. The molecule has 2 bridgehead atoms. The summed E-state index contributed by atoms with van der Waals surface area (Å²) in [4.78, 5) is 30.5. The highest BCUT2D eigenvalue weighted by atomic mass is 31.1. The summed E-state index contributed by atoms with van der Waals surface area (Å²) in [7, 11) is -1.97. The molecule has 5 aliphatic carbocycles. The van der Waals surface area contributed by atoms with E-state index in [0.717, 1.165) is 21.7 Å². The van der Waals surface area contributed by atoms with Crippen LogP contribution in [0.3, 0.4) is 0 Å². The topological polar surface area (TPSA) is 58.2 Å². The molecule has 60 heavy (non-hydrogen) atoms. The van der Waals surface area contributed by atoms with Gasteiger partial charge in [0.15, 0.2) is 0 Å². The van der Waals surface area contributed by atoms with Crippen molar-refractivity contribution in [2.24, 2.45) is 35.5 Å². The fourth-order valence-corrected chi connectivity index (χ4v) is 17.1. The highest BCUT2D eigenvalue weighted by Crippen LogP contribution is 2.62. The van der Waals surface area contributed by atoms with Gasteiger partial charge in [0.25, 0.3) is 11.8 Å². The van der Waals surface area contributed by atoms with E-state index >= 15 is 9.59 Å². The lowest BCUT2D eigenvalue weighted by Gasteiger charge is -2.65. The van der Waals surface area contributed by atoms with Crippen molar-refractivity contribution in [1.82, 2.24) is 10.6 Å². The molecule has 4 nitrogen and oxygen atoms in total. The Bertz CT molecular complexity index is 2140. The molecule has 2 N–H and O–H groups in total. The monoisotopic (exact) mass is 824 g/mol. The van der Waals surface area contributed by atoms with Crippen LogP contribution in [0.25, 0.3) is 0 Å². The van der Waals surface area contributed by atoms with Crippen LogP contribution in [0.4, 0.5) is 0 Å². The maximum Gasteiger partial charge on any atom is 0.252 e. The summed E-state index contributed by atoms with van der Waals surface area (Å²) in [6.07, 6.45) is 9.96. The van der Waals surface area contributed by atoms with E-state index in [-0.39, 0.29) is 23.9 Å². The minimum Gasteiger partial charge on any atom is -0.347 e. The number of hydrogen-bond donors (Lipinski definition) is 2. The summed E-state index contributed by atoms with van der Waals surface area (Å²) in [6.45, 7) is 0. The van der Waals surface area contributed by atoms with Crippen LogP contribution in [-0.2, 0) is 0 Å². The van der Waals surface area contributed by atoms with Crippen molar-refractivity contribution in [2.75, 3.05) is 0 Å². The predicted octanol–water partition coefficient (Wildman–Crippen LogP) is 8.97. The molecule has 6 aromatic carbocycles. The largest absolute Gasteiger partial charge is 0.347 e. The van der Waals surface area contributed by atoms with E-state index in [4.69, 9.17) is 0 Å². The zero-order valence-electron chi connectivity index (χ0n) is 34.2. The van der Waals surface area contributed by atoms with Gasteiger partial charge < -0.3 is 10.6 Å². The SMILES string of the molecule is O=C(N[C@H]1C2C3CCCCC3C(C3CCCCC32)[C@@H]1NC(=O)c1ccccc1P(c1ccccc1)c1ccccc1)c1ccccc1P(c1ccccc1)c1ccccc1. The first-order chi connectivity index (χ1) is 29.7. The Labute approximate surface area is 358 Å². The third-order valence-corrected chi connectivity index (χ3v) is 19.4. The molecule has 6 atom stereocenters. The minimum atomic E-state index is -0.986. The van der Waals surface area contributed by atoms with Gasteiger partial charge in [-0.05, 0) is 121 Å². The average molecular weight is 825 g/mol. The number of fused-ring (bicyclic) bond motifs is 1. The van der Waals surface area contributed by atoms with E-state index in [0.29, 0.717) is 35.5 Å². The van der Waals surface area contributed by atoms with E-state index in [1.165, 1.54) is 72.6 Å². The second kappa shape index (κ2) is 17.6. The highest BCUT2D eigenvalue weighted by Gasteiger charge is 2.62. The third kappa shape index (κ3) is 7.46. The number of amides is 2. The molecule has 6 aromatic rings. The molecule has 2 amide bonds. The van der Waals surface area contributed by atoms with Gasteiger partial charge in [0.1, 0.15) is 0 Å². The van der Waals surface area contributed by atoms with Gasteiger partial charge in [-0.3, -0.25) is 9.59 Å². The molecule has 302 valence electrons. The van der Waals surface area contributed by atoms with Gasteiger partial charge >= 0.3 is 0 Å². The normalized spacial score (nSPS) is 25.6. The van der Waals surface area contributed by atoms with E-state index in [1.54, 1.807) is 0 Å². The van der Waals surface area contributed by atoms with Crippen LogP contribution in [-0.4, -0.2) is 23.9 Å². The summed E-state index contributed by atoms with van der Waals surface area (Å²) in [6, 6.07) is 58.9. The molecule has 11 rings (SSSR count). The molecule has 0 saturated heterocycles. The molecule has 0 heterocycles. The lowest BCUT2D eigenvalue weighted by molar-refractivity contribution is -0.139. The second-order valence-corrected chi connectivity index (χ2v) is 21.8. The van der Waals surface area contributed by atoms with Crippen LogP contribution in [0.5, 0.6) is 0 Å². The smallest absolute Gasteiger partial charge is 0.252 e. The summed E-state index contributed by atoms with van der Waals surface area (Å²) in [5, 5.41) is 14.6. The van der Waals surface area contributed by atoms with Crippen LogP contribution in [0, 0.1) is 35.5 Å². The molecule has 5 aliphatic rings. The Kier molecular flexibility index (Phi) is 11.5. The second-order valence-electron chi connectivity index (χ2n) is 17.4. The number of nitrogens with one attached hydrogen (secondary N) is 2. The number of benzene rings is 6. The maximum absolute atomic E-state index is 15.2. The number of carbonyl (C=O) groups is 2. The standard InChI is InChI=1S/C54H54N2O2P2/c57-53(45-33-17-19-35-47(45)59(37-21-5-1-6-22-37)38-23-7-2-8-24-38)55-51-49-41-29-13-15-31-43(41)50(44-32-16-14-30-42(44)49)52(51)56-54(58)46-34-18-20-36-48(46)60(39-25-9-3-10-26-39)40-27-11-4-12-28-40/h1-12,17-28,33-36,41-44,49-52H,13-16,29-32H2,(H,55,57)(H,56,58)/t41?,42?,43?,44?,49?,50?,51-,52-/m0/s1. The Morgan fingerprint density at radius 2 is 0.633 bits per heavy atom. The molecular weight excluding hydrogens is 771 g/mol. The van der Waals surface area contributed by atoms with E-state index in [9.17, 15) is 0 Å². The van der Waals surface area contributed by atoms with Crippen molar-refractivity contribution in [2.45, 2.75) is 63.5 Å². The number of hydrogen-bond acceptors (Lipinski definition) is 2.